The molecular weight excluding hydrogens is 322 g/mol. The van der Waals surface area contributed by atoms with Crippen molar-refractivity contribution in [3.8, 4) is 11.5 Å². The van der Waals surface area contributed by atoms with Gasteiger partial charge in [0.1, 0.15) is 17.8 Å². The lowest BCUT2D eigenvalue weighted by atomic mass is 9.94. The maximum absolute atomic E-state index is 6.26. The van der Waals surface area contributed by atoms with Crippen molar-refractivity contribution in [2.75, 3.05) is 18.0 Å². The number of anilines is 1. The lowest BCUT2D eigenvalue weighted by Crippen LogP contribution is -2.23. The lowest BCUT2D eigenvalue weighted by molar-refractivity contribution is 0.472. The van der Waals surface area contributed by atoms with E-state index in [0.29, 0.717) is 0 Å². The molecule has 26 heavy (non-hydrogen) atoms. The van der Waals surface area contributed by atoms with E-state index in [1.165, 1.54) is 0 Å². The topological polar surface area (TPSA) is 38.2 Å². The Morgan fingerprint density at radius 1 is 0.962 bits per heavy atom. The summed E-state index contributed by atoms with van der Waals surface area (Å²) in [5, 5.41) is 1.96. The number of fused-ring (bicyclic) bond motifs is 2. The predicted octanol–water partition coefficient (Wildman–Crippen LogP) is 3.09. The highest BCUT2D eigenvalue weighted by Gasteiger charge is 2.21. The van der Waals surface area contributed by atoms with Crippen molar-refractivity contribution in [3.63, 3.8) is 0 Å². The van der Waals surface area contributed by atoms with Gasteiger partial charge in [0.05, 0.1) is 0 Å². The molecule has 0 atom stereocenters. The van der Waals surface area contributed by atoms with Gasteiger partial charge in [-0.1, -0.05) is 18.7 Å². The Bertz CT molecular complexity index is 1060. The van der Waals surface area contributed by atoms with Crippen LogP contribution in [0.15, 0.2) is 55.1 Å². The lowest BCUT2D eigenvalue weighted by Gasteiger charge is -2.25. The summed E-state index contributed by atoms with van der Waals surface area (Å²) in [5.41, 5.74) is 4.28. The average molecular weight is 343 g/mol. The minimum atomic E-state index is 0.820. The summed E-state index contributed by atoms with van der Waals surface area (Å²) in [6.45, 7) is 10.3. The summed E-state index contributed by atoms with van der Waals surface area (Å²) in [4.78, 5) is 10.7. The van der Waals surface area contributed by atoms with Crippen molar-refractivity contribution in [2.45, 2.75) is 13.8 Å². The molecule has 0 bridgehead atoms. The number of ether oxygens (including phenoxy) is 1. The van der Waals surface area contributed by atoms with Crippen LogP contribution in [0.1, 0.15) is 25.0 Å². The molecule has 1 aliphatic rings. The maximum atomic E-state index is 6.26. The molecule has 1 aromatic heterocycles. The monoisotopic (exact) mass is 343 g/mol. The van der Waals surface area contributed by atoms with Gasteiger partial charge in [-0.25, -0.2) is 9.97 Å². The summed E-state index contributed by atoms with van der Waals surface area (Å²) in [6, 6.07) is 12.4. The van der Waals surface area contributed by atoms with Gasteiger partial charge in [-0.3, -0.25) is 0 Å². The zero-order valence-electron chi connectivity index (χ0n) is 15.1. The fourth-order valence-corrected chi connectivity index (χ4v) is 3.45. The number of benzene rings is 2. The summed E-state index contributed by atoms with van der Waals surface area (Å²) in [6.07, 6.45) is 5.24. The molecule has 0 radical (unpaired) electrons. The Kier molecular flexibility index (Phi) is 4.17. The normalized spacial score (nSPS) is 12.2. The Morgan fingerprint density at radius 2 is 1.73 bits per heavy atom. The number of hydrogen-bond donors (Lipinski definition) is 0. The van der Waals surface area contributed by atoms with Gasteiger partial charge >= 0.3 is 0 Å². The van der Waals surface area contributed by atoms with Crippen molar-refractivity contribution >= 4 is 17.8 Å². The summed E-state index contributed by atoms with van der Waals surface area (Å²) >= 11 is 0. The third kappa shape index (κ3) is 2.73. The highest BCUT2D eigenvalue weighted by Crippen LogP contribution is 2.37. The van der Waals surface area contributed by atoms with E-state index in [4.69, 9.17) is 4.74 Å². The quantitative estimate of drug-likeness (QED) is 0.571. The fourth-order valence-electron chi connectivity index (χ4n) is 3.45. The Hall–Kier alpha value is -3.14. The Morgan fingerprint density at radius 3 is 2.46 bits per heavy atom. The summed E-state index contributed by atoms with van der Waals surface area (Å²) in [5.74, 6) is 1.67. The van der Waals surface area contributed by atoms with Gasteiger partial charge in [-0.05, 0) is 37.3 Å². The first-order chi connectivity index (χ1) is 12.7. The van der Waals surface area contributed by atoms with E-state index in [9.17, 15) is 0 Å². The van der Waals surface area contributed by atoms with Crippen LogP contribution in [0.4, 0.5) is 5.69 Å². The molecule has 0 aliphatic carbocycles. The minimum absolute atomic E-state index is 0.820. The van der Waals surface area contributed by atoms with Gasteiger partial charge in [0.2, 0.25) is 0 Å². The molecule has 4 rings (SSSR count). The number of nitrogens with zero attached hydrogens (tertiary/aromatic N) is 3. The third-order valence-electron chi connectivity index (χ3n) is 4.75. The van der Waals surface area contributed by atoms with Crippen molar-refractivity contribution in [1.82, 2.24) is 9.97 Å². The zero-order chi connectivity index (χ0) is 18.1. The van der Waals surface area contributed by atoms with Crippen LogP contribution in [0.3, 0.4) is 0 Å². The van der Waals surface area contributed by atoms with Crippen LogP contribution in [0.25, 0.3) is 12.2 Å². The van der Waals surface area contributed by atoms with Crippen LogP contribution in [0.2, 0.25) is 0 Å². The molecule has 0 unspecified atom stereocenters. The van der Waals surface area contributed by atoms with E-state index < -0.39 is 0 Å². The standard InChI is InChI=1S/C22H21N3O/c1-4-25(5-2)17-7-9-19-21(11-17)26-20-10-15(3)6-8-18(20)22(19)16-12-23-14-24-13-16/h6-14H,3-5H2,1-2H3. The first-order valence-electron chi connectivity index (χ1n) is 8.87. The predicted molar refractivity (Wildman–Crippen MR) is 105 cm³/mol. The molecule has 4 nitrogen and oxygen atoms in total. The number of hydrogen-bond acceptors (Lipinski definition) is 4. The Labute approximate surface area is 153 Å². The second-order valence-electron chi connectivity index (χ2n) is 6.29. The molecule has 1 aliphatic heterocycles. The van der Waals surface area contributed by atoms with Crippen molar-refractivity contribution in [3.05, 3.63) is 76.7 Å². The molecule has 0 saturated heterocycles. The Balaban J connectivity index is 1.99. The molecule has 2 aromatic carbocycles. The first-order valence-corrected chi connectivity index (χ1v) is 8.87. The molecule has 4 heteroatoms. The molecule has 130 valence electrons. The van der Waals surface area contributed by atoms with E-state index in [1.807, 2.05) is 24.5 Å². The van der Waals surface area contributed by atoms with Gasteiger partial charge < -0.3 is 9.64 Å². The molecule has 0 saturated carbocycles. The van der Waals surface area contributed by atoms with Crippen molar-refractivity contribution in [1.29, 1.82) is 0 Å². The molecule has 0 N–H and O–H groups in total. The van der Waals surface area contributed by atoms with Crippen LogP contribution < -0.4 is 20.1 Å². The largest absolute Gasteiger partial charge is 0.456 e. The highest BCUT2D eigenvalue weighted by atomic mass is 16.5. The fraction of sp³-hybridized carbons (Fsp3) is 0.182. The van der Waals surface area contributed by atoms with Crippen LogP contribution in [-0.2, 0) is 0 Å². The number of aromatic nitrogens is 2. The zero-order valence-corrected chi connectivity index (χ0v) is 15.1. The van der Waals surface area contributed by atoms with Crippen LogP contribution in [0, 0.1) is 0 Å². The van der Waals surface area contributed by atoms with E-state index in [1.54, 1.807) is 6.33 Å². The molecular formula is C22H21N3O. The van der Waals surface area contributed by atoms with Crippen molar-refractivity contribution < 1.29 is 4.74 Å². The van der Waals surface area contributed by atoms with E-state index in [2.05, 4.69) is 59.6 Å². The van der Waals surface area contributed by atoms with Gasteiger partial charge in [-0.2, -0.15) is 0 Å². The average Bonchev–Trinajstić information content (AvgIpc) is 2.67. The second-order valence-corrected chi connectivity index (χ2v) is 6.29. The van der Waals surface area contributed by atoms with E-state index >= 15 is 0 Å². The van der Waals surface area contributed by atoms with Gasteiger partial charge in [0.25, 0.3) is 0 Å². The van der Waals surface area contributed by atoms with Crippen LogP contribution in [0.5, 0.6) is 11.5 Å². The molecule has 0 fully saturated rings. The van der Waals surface area contributed by atoms with Gasteiger partial charge in [0.15, 0.2) is 0 Å². The molecule has 0 spiro atoms. The number of rotatable bonds is 4. The van der Waals surface area contributed by atoms with Crippen LogP contribution in [-0.4, -0.2) is 23.1 Å². The second kappa shape index (κ2) is 6.64. The van der Waals surface area contributed by atoms with Gasteiger partial charge in [-0.15, -0.1) is 0 Å². The summed E-state index contributed by atoms with van der Waals surface area (Å²) in [7, 11) is 0. The summed E-state index contributed by atoms with van der Waals surface area (Å²) < 4.78 is 6.26. The highest BCUT2D eigenvalue weighted by molar-refractivity contribution is 5.85. The molecule has 3 aromatic rings. The third-order valence-corrected chi connectivity index (χ3v) is 4.75. The van der Waals surface area contributed by atoms with Crippen molar-refractivity contribution in [2.24, 2.45) is 0 Å². The molecule has 0 amide bonds. The van der Waals surface area contributed by atoms with E-state index in [-0.39, 0.29) is 0 Å². The SMILES string of the molecule is C=c1ccc2c(c1)Oc1cc(N(CC)CC)ccc1C=2c1cncnc1. The first kappa shape index (κ1) is 16.3. The van der Waals surface area contributed by atoms with Gasteiger partial charge in [0, 0.05) is 59.2 Å². The van der Waals surface area contributed by atoms with E-state index in [0.717, 1.165) is 57.4 Å². The minimum Gasteiger partial charge on any atom is -0.456 e. The maximum Gasteiger partial charge on any atom is 0.137 e. The molecule has 2 heterocycles. The smallest absolute Gasteiger partial charge is 0.137 e. The van der Waals surface area contributed by atoms with Crippen LogP contribution >= 0.6 is 0 Å².